The van der Waals surface area contributed by atoms with Crippen LogP contribution in [0, 0.1) is 0 Å². The molecule has 1 unspecified atom stereocenters. The Balaban J connectivity index is 1.16. The van der Waals surface area contributed by atoms with E-state index in [4.69, 9.17) is 18.9 Å². The summed E-state index contributed by atoms with van der Waals surface area (Å²) in [4.78, 5) is 20.4. The first-order chi connectivity index (χ1) is 19.2. The molecule has 1 aliphatic carbocycles. The highest BCUT2D eigenvalue weighted by atomic mass is 16.7. The second-order valence-corrected chi connectivity index (χ2v) is 10.5. The van der Waals surface area contributed by atoms with E-state index in [1.54, 1.807) is 13.3 Å². The Morgan fingerprint density at radius 3 is 2.64 bits per heavy atom. The molecule has 1 saturated heterocycles. The van der Waals surface area contributed by atoms with Crippen LogP contribution in [0.5, 0.6) is 17.2 Å². The maximum atomic E-state index is 13.3. The third kappa shape index (κ3) is 5.44. The number of methoxy groups -OCH3 is 1. The van der Waals surface area contributed by atoms with Crippen molar-refractivity contribution in [3.05, 3.63) is 77.5 Å². The number of benzene rings is 2. The monoisotopic (exact) mass is 529 g/mol. The summed E-state index contributed by atoms with van der Waals surface area (Å²) >= 11 is 0. The van der Waals surface area contributed by atoms with E-state index >= 15 is 0 Å². The maximum Gasteiger partial charge on any atom is 0.236 e. The Kier molecular flexibility index (Phi) is 7.39. The van der Waals surface area contributed by atoms with Crippen molar-refractivity contribution in [3.8, 4) is 17.2 Å². The topological polar surface area (TPSA) is 82.2 Å². The lowest BCUT2D eigenvalue weighted by atomic mass is 9.94. The average molecular weight is 530 g/mol. The number of likely N-dealkylation sites (tertiary alicyclic amines) is 1. The molecule has 0 spiro atoms. The fourth-order valence-corrected chi connectivity index (χ4v) is 5.57. The van der Waals surface area contributed by atoms with Gasteiger partial charge in [-0.2, -0.15) is 0 Å². The third-order valence-corrected chi connectivity index (χ3v) is 8.00. The van der Waals surface area contributed by atoms with Crippen LogP contribution < -0.4 is 19.5 Å². The molecule has 3 heterocycles. The highest BCUT2D eigenvalue weighted by Crippen LogP contribution is 2.51. The molecular formula is C31H35N3O5. The van der Waals surface area contributed by atoms with Gasteiger partial charge in [0, 0.05) is 23.9 Å². The number of amides is 1. The molecule has 1 saturated carbocycles. The smallest absolute Gasteiger partial charge is 0.236 e. The van der Waals surface area contributed by atoms with Gasteiger partial charge in [-0.05, 0) is 68.6 Å². The number of anilines is 1. The van der Waals surface area contributed by atoms with E-state index in [1.807, 2.05) is 54.6 Å². The number of ether oxygens (including phenoxy) is 4. The van der Waals surface area contributed by atoms with Crippen LogP contribution in [0.3, 0.4) is 0 Å². The quantitative estimate of drug-likeness (QED) is 0.392. The van der Waals surface area contributed by atoms with Crippen LogP contribution in [0.1, 0.15) is 54.9 Å². The minimum Gasteiger partial charge on any atom is -0.496 e. The molecule has 3 aromatic rings. The molecule has 0 bridgehead atoms. The van der Waals surface area contributed by atoms with Crippen molar-refractivity contribution >= 4 is 11.7 Å². The van der Waals surface area contributed by atoms with Crippen molar-refractivity contribution < 1.29 is 23.7 Å². The largest absolute Gasteiger partial charge is 0.496 e. The lowest BCUT2D eigenvalue weighted by Crippen LogP contribution is -2.33. The molecule has 39 heavy (non-hydrogen) atoms. The predicted octanol–water partition coefficient (Wildman–Crippen LogP) is 5.08. The molecule has 6 rings (SSSR count). The van der Waals surface area contributed by atoms with Crippen molar-refractivity contribution in [3.63, 3.8) is 0 Å². The molecule has 3 aliphatic rings. The number of fused-ring (bicyclic) bond motifs is 1. The number of carbonyl (C=O) groups is 1. The Morgan fingerprint density at radius 2 is 1.87 bits per heavy atom. The van der Waals surface area contributed by atoms with Gasteiger partial charge in [0.1, 0.15) is 17.7 Å². The van der Waals surface area contributed by atoms with Crippen LogP contribution in [-0.4, -0.2) is 55.9 Å². The zero-order chi connectivity index (χ0) is 26.7. The number of carbonyl (C=O) groups excluding carboxylic acids is 1. The van der Waals surface area contributed by atoms with Gasteiger partial charge in [-0.15, -0.1) is 0 Å². The van der Waals surface area contributed by atoms with Crippen molar-refractivity contribution in [2.45, 2.75) is 43.6 Å². The fourth-order valence-electron chi connectivity index (χ4n) is 5.57. The van der Waals surface area contributed by atoms with Crippen LogP contribution in [-0.2, 0) is 14.9 Å². The van der Waals surface area contributed by atoms with E-state index in [1.165, 1.54) is 19.3 Å². The van der Waals surface area contributed by atoms with Gasteiger partial charge >= 0.3 is 0 Å². The van der Waals surface area contributed by atoms with Crippen molar-refractivity contribution in [2.24, 2.45) is 0 Å². The Labute approximate surface area is 229 Å². The molecule has 2 aliphatic heterocycles. The number of piperidine rings is 1. The summed E-state index contributed by atoms with van der Waals surface area (Å²) in [6.07, 6.45) is 6.86. The van der Waals surface area contributed by atoms with Crippen LogP contribution in [0.25, 0.3) is 0 Å². The number of hydrogen-bond donors (Lipinski definition) is 1. The summed E-state index contributed by atoms with van der Waals surface area (Å²) in [5.74, 6) is 2.65. The van der Waals surface area contributed by atoms with Crippen LogP contribution in [0.4, 0.5) is 5.82 Å². The maximum absolute atomic E-state index is 13.3. The first kappa shape index (κ1) is 25.6. The molecule has 1 atom stereocenters. The molecule has 1 N–H and O–H groups in total. The lowest BCUT2D eigenvalue weighted by molar-refractivity contribution is -0.118. The summed E-state index contributed by atoms with van der Waals surface area (Å²) in [5, 5.41) is 3.03. The highest BCUT2D eigenvalue weighted by Gasteiger charge is 2.51. The lowest BCUT2D eigenvalue weighted by Gasteiger charge is -2.27. The van der Waals surface area contributed by atoms with Gasteiger partial charge in [0.15, 0.2) is 11.5 Å². The summed E-state index contributed by atoms with van der Waals surface area (Å²) < 4.78 is 23.1. The van der Waals surface area contributed by atoms with Crippen LogP contribution in [0.2, 0.25) is 0 Å². The van der Waals surface area contributed by atoms with Gasteiger partial charge in [0.2, 0.25) is 12.7 Å². The van der Waals surface area contributed by atoms with Gasteiger partial charge in [-0.25, -0.2) is 4.98 Å². The van der Waals surface area contributed by atoms with Gasteiger partial charge in [0.05, 0.1) is 19.1 Å². The van der Waals surface area contributed by atoms with Crippen molar-refractivity contribution in [1.82, 2.24) is 9.88 Å². The van der Waals surface area contributed by atoms with Crippen LogP contribution >= 0.6 is 0 Å². The second-order valence-electron chi connectivity index (χ2n) is 10.5. The number of aromatic nitrogens is 1. The standard InChI is InChI=1S/C31H35N3O5/c1-36-25-8-4-3-7-24(25)29(37-18-17-34-15-5-2-6-16-34)22-9-12-28(32-20-22)33-30(35)31(13-14-31)23-10-11-26-27(19-23)39-21-38-26/h3-4,7-12,19-20,29H,2,5-6,13-18,21H2,1H3,(H,32,33,35). The van der Waals surface area contributed by atoms with Gasteiger partial charge < -0.3 is 29.2 Å². The van der Waals surface area contributed by atoms with Crippen molar-refractivity contribution in [1.29, 1.82) is 0 Å². The number of nitrogens with zero attached hydrogens (tertiary/aromatic N) is 2. The summed E-state index contributed by atoms with van der Waals surface area (Å²) in [7, 11) is 1.67. The summed E-state index contributed by atoms with van der Waals surface area (Å²) in [6.45, 7) is 3.99. The summed E-state index contributed by atoms with van der Waals surface area (Å²) in [5.41, 5.74) is 2.25. The van der Waals surface area contributed by atoms with E-state index in [2.05, 4.69) is 15.2 Å². The fraction of sp³-hybridized carbons (Fsp3) is 0.419. The van der Waals surface area contributed by atoms with E-state index in [0.29, 0.717) is 18.2 Å². The first-order valence-corrected chi connectivity index (χ1v) is 13.8. The van der Waals surface area contributed by atoms with Crippen LogP contribution in [0.15, 0.2) is 60.8 Å². The summed E-state index contributed by atoms with van der Waals surface area (Å²) in [6, 6.07) is 17.5. The Hall–Kier alpha value is -3.62. The number of rotatable bonds is 10. The number of hydrogen-bond acceptors (Lipinski definition) is 7. The minimum absolute atomic E-state index is 0.0549. The Morgan fingerprint density at radius 1 is 1.05 bits per heavy atom. The van der Waals surface area contributed by atoms with Gasteiger partial charge in [0.25, 0.3) is 0 Å². The van der Waals surface area contributed by atoms with Gasteiger partial charge in [-0.1, -0.05) is 36.8 Å². The molecule has 1 aromatic heterocycles. The van der Waals surface area contributed by atoms with Gasteiger partial charge in [-0.3, -0.25) is 4.79 Å². The molecule has 0 radical (unpaired) electrons. The van der Waals surface area contributed by atoms with Crippen molar-refractivity contribution in [2.75, 3.05) is 45.5 Å². The number of pyridine rings is 1. The van der Waals surface area contributed by atoms with E-state index in [-0.39, 0.29) is 18.8 Å². The first-order valence-electron chi connectivity index (χ1n) is 13.8. The SMILES string of the molecule is COc1ccccc1C(OCCN1CCCCC1)c1ccc(NC(=O)C2(c3ccc4c(c3)OCO4)CC2)nc1. The predicted molar refractivity (Wildman–Crippen MR) is 147 cm³/mol. The Bertz CT molecular complexity index is 1300. The molecule has 2 fully saturated rings. The normalized spacial score (nSPS) is 18.4. The second kappa shape index (κ2) is 11.2. The molecule has 2 aromatic carbocycles. The average Bonchev–Trinajstić information content (AvgIpc) is 3.67. The number of para-hydroxylation sites is 1. The molecular weight excluding hydrogens is 494 g/mol. The zero-order valence-corrected chi connectivity index (χ0v) is 22.4. The molecule has 8 heteroatoms. The third-order valence-electron chi connectivity index (χ3n) is 8.00. The molecule has 1 amide bonds. The highest BCUT2D eigenvalue weighted by molar-refractivity contribution is 6.01. The van der Waals surface area contributed by atoms with E-state index < -0.39 is 5.41 Å². The van der Waals surface area contributed by atoms with E-state index in [9.17, 15) is 4.79 Å². The molecule has 204 valence electrons. The van der Waals surface area contributed by atoms with E-state index in [0.717, 1.165) is 60.7 Å². The zero-order valence-electron chi connectivity index (χ0n) is 22.4. The minimum atomic E-state index is -0.557. The number of nitrogens with one attached hydrogen (secondary N) is 1. The molecule has 8 nitrogen and oxygen atoms in total.